The van der Waals surface area contributed by atoms with Gasteiger partial charge in [-0.2, -0.15) is 0 Å². The summed E-state index contributed by atoms with van der Waals surface area (Å²) in [4.78, 5) is 2.48. The smallest absolute Gasteiger partial charge is 0.301 e. The Bertz CT molecular complexity index is 639. The van der Waals surface area contributed by atoms with E-state index in [1.165, 1.54) is 0 Å². The summed E-state index contributed by atoms with van der Waals surface area (Å²) in [6, 6.07) is 28.4. The van der Waals surface area contributed by atoms with Crippen molar-refractivity contribution in [2.24, 2.45) is 0 Å². The van der Waals surface area contributed by atoms with Crippen molar-refractivity contribution in [1.82, 2.24) is 0 Å². The van der Waals surface area contributed by atoms with Crippen molar-refractivity contribution in [2.75, 3.05) is 0 Å². The van der Waals surface area contributed by atoms with Crippen LogP contribution in [0.5, 0.6) is 0 Å². The molecule has 0 radical (unpaired) electrons. The number of hydrogen-bond donors (Lipinski definition) is 0. The zero-order valence-corrected chi connectivity index (χ0v) is 13.7. The Morgan fingerprint density at radius 2 is 0.870 bits per heavy atom. The van der Waals surface area contributed by atoms with E-state index in [0.29, 0.717) is 0 Å². The van der Waals surface area contributed by atoms with Crippen LogP contribution < -0.4 is 9.32 Å². The quantitative estimate of drug-likeness (QED) is 0.713. The summed E-state index contributed by atoms with van der Waals surface area (Å²) in [5.41, 5.74) is 0. The highest BCUT2D eigenvalue weighted by Gasteiger charge is 2.42. The number of halogens is 1. The fourth-order valence-corrected chi connectivity index (χ4v) is 6.36. The normalized spacial score (nSPS) is 12.3. The lowest BCUT2D eigenvalue weighted by Crippen LogP contribution is -2.35. The molecule has 3 aromatic carbocycles. The SMILES string of the molecule is [O-][Cl+2]([O-])OS(c1ccccc1)(c1ccccc1)c1ccccc1. The molecule has 5 heteroatoms. The molecule has 0 aliphatic rings. The van der Waals surface area contributed by atoms with E-state index in [9.17, 15) is 9.32 Å². The number of benzene rings is 3. The lowest BCUT2D eigenvalue weighted by atomic mass is 10.4. The molecule has 23 heavy (non-hydrogen) atoms. The second-order valence-electron chi connectivity index (χ2n) is 4.75. The molecule has 0 aliphatic carbocycles. The second-order valence-corrected chi connectivity index (χ2v) is 8.16. The number of hydrogen-bond acceptors (Lipinski definition) is 3. The third kappa shape index (κ3) is 3.27. The van der Waals surface area contributed by atoms with Gasteiger partial charge in [0, 0.05) is 14.7 Å². The van der Waals surface area contributed by atoms with Crippen molar-refractivity contribution in [2.45, 2.75) is 14.7 Å². The maximum absolute atomic E-state index is 11.5. The topological polar surface area (TPSA) is 55.3 Å². The van der Waals surface area contributed by atoms with Crippen molar-refractivity contribution >= 4 is 10.3 Å². The fraction of sp³-hybridized carbons (Fsp3) is 0. The monoisotopic (exact) mass is 346 g/mol. The van der Waals surface area contributed by atoms with Crippen LogP contribution in [-0.2, 0) is 3.74 Å². The van der Waals surface area contributed by atoms with Crippen molar-refractivity contribution in [3.05, 3.63) is 91.0 Å². The minimum absolute atomic E-state index is 0.826. The highest BCUT2D eigenvalue weighted by molar-refractivity contribution is 8.29. The molecule has 118 valence electrons. The molecule has 0 atom stereocenters. The summed E-state index contributed by atoms with van der Waals surface area (Å²) in [5.74, 6) is 0. The van der Waals surface area contributed by atoms with Gasteiger partial charge in [0.15, 0.2) is 0 Å². The fourth-order valence-electron chi connectivity index (χ4n) is 2.43. The molecule has 3 aromatic rings. The first-order chi connectivity index (χ1) is 11.2. The van der Waals surface area contributed by atoms with Gasteiger partial charge in [0.05, 0.1) is 14.0 Å². The van der Waals surface area contributed by atoms with Crippen molar-refractivity contribution < 1.29 is 23.8 Å². The highest BCUT2D eigenvalue weighted by Crippen LogP contribution is 2.69. The number of rotatable bonds is 5. The Labute approximate surface area is 140 Å². The van der Waals surface area contributed by atoms with Crippen LogP contribution in [0.15, 0.2) is 106 Å². The van der Waals surface area contributed by atoms with Gasteiger partial charge in [0.1, 0.15) is 0 Å². The van der Waals surface area contributed by atoms with E-state index in [4.69, 9.17) is 3.74 Å². The minimum atomic E-state index is -2.36. The molecule has 0 N–H and O–H groups in total. The van der Waals surface area contributed by atoms with Crippen molar-refractivity contribution in [1.29, 1.82) is 0 Å². The Morgan fingerprint density at radius 1 is 0.565 bits per heavy atom. The minimum Gasteiger partial charge on any atom is -0.319 e. The van der Waals surface area contributed by atoms with Crippen LogP contribution in [0.1, 0.15) is 0 Å². The van der Waals surface area contributed by atoms with Crippen LogP contribution in [0, 0.1) is 10.8 Å². The van der Waals surface area contributed by atoms with Crippen LogP contribution in [-0.4, -0.2) is 0 Å². The molecule has 0 bridgehead atoms. The Morgan fingerprint density at radius 3 is 1.13 bits per heavy atom. The van der Waals surface area contributed by atoms with E-state index in [2.05, 4.69) is 0 Å². The standard InChI is InChI=1S/C18H15ClO3S/c20-19(21)22-23(16-10-4-1-5-11-16,17-12-6-2-7-13-17)18-14-8-3-9-15-18/h1-15H. The first-order valence-electron chi connectivity index (χ1n) is 6.97. The molecule has 0 heterocycles. The Hall–Kier alpha value is -1.82. The Kier molecular flexibility index (Phi) is 5.00. The Balaban J connectivity index is 2.30. The molecule has 3 rings (SSSR count). The van der Waals surface area contributed by atoms with Crippen LogP contribution >= 0.6 is 10.3 Å². The lowest BCUT2D eigenvalue weighted by Gasteiger charge is -2.32. The second kappa shape index (κ2) is 7.17. The predicted octanol–water partition coefficient (Wildman–Crippen LogP) is 2.99. The lowest BCUT2D eigenvalue weighted by molar-refractivity contribution is -1.62. The summed E-state index contributed by atoms with van der Waals surface area (Å²) in [6.07, 6.45) is 0. The molecule has 0 unspecified atom stereocenters. The molecule has 0 aliphatic heterocycles. The van der Waals surface area contributed by atoms with Crippen LogP contribution in [0.4, 0.5) is 0 Å². The van der Waals surface area contributed by atoms with Gasteiger partial charge in [-0.15, -0.1) is 0 Å². The van der Waals surface area contributed by atoms with Crippen molar-refractivity contribution in [3.63, 3.8) is 0 Å². The van der Waals surface area contributed by atoms with E-state index in [-0.39, 0.29) is 0 Å². The molecule has 0 spiro atoms. The molecular formula is C18H15ClO3S. The molecule has 0 fully saturated rings. The van der Waals surface area contributed by atoms with E-state index in [0.717, 1.165) is 14.7 Å². The van der Waals surface area contributed by atoms with Crippen LogP contribution in [0.2, 0.25) is 0 Å². The van der Waals surface area contributed by atoms with Gasteiger partial charge in [-0.3, -0.25) is 0 Å². The van der Waals surface area contributed by atoms with E-state index < -0.39 is 21.1 Å². The summed E-state index contributed by atoms with van der Waals surface area (Å²) in [6.45, 7) is 0. The van der Waals surface area contributed by atoms with Gasteiger partial charge in [-0.1, -0.05) is 54.6 Å². The summed E-state index contributed by atoms with van der Waals surface area (Å²) >= 11 is 0. The molecule has 3 nitrogen and oxygen atoms in total. The highest BCUT2D eigenvalue weighted by atomic mass is 35.6. The van der Waals surface area contributed by atoms with Gasteiger partial charge in [-0.05, 0) is 36.4 Å². The third-order valence-electron chi connectivity index (χ3n) is 3.37. The molecule has 0 amide bonds. The maximum atomic E-state index is 11.5. The molecule has 0 saturated carbocycles. The molecule has 0 aromatic heterocycles. The first-order valence-corrected chi connectivity index (χ1v) is 9.46. The van der Waals surface area contributed by atoms with Gasteiger partial charge in [-0.25, -0.2) is 0 Å². The average Bonchev–Trinajstić information content (AvgIpc) is 2.62. The first kappa shape index (κ1) is 16.1. The molecule has 0 saturated heterocycles. The van der Waals surface area contributed by atoms with Crippen molar-refractivity contribution in [3.8, 4) is 0 Å². The summed E-state index contributed by atoms with van der Waals surface area (Å²) in [7, 11) is -4.64. The zero-order valence-electron chi connectivity index (χ0n) is 12.2. The predicted molar refractivity (Wildman–Crippen MR) is 82.8 cm³/mol. The summed E-state index contributed by atoms with van der Waals surface area (Å²) < 4.78 is 28.6. The largest absolute Gasteiger partial charge is 0.319 e. The van der Waals surface area contributed by atoms with E-state index >= 15 is 0 Å². The van der Waals surface area contributed by atoms with Gasteiger partial charge in [0.2, 0.25) is 0 Å². The van der Waals surface area contributed by atoms with Crippen LogP contribution in [0.25, 0.3) is 0 Å². The van der Waals surface area contributed by atoms with Gasteiger partial charge >= 0.3 is 10.8 Å². The van der Waals surface area contributed by atoms with E-state index in [1.54, 1.807) is 0 Å². The molecular weight excluding hydrogens is 332 g/mol. The van der Waals surface area contributed by atoms with E-state index in [1.807, 2.05) is 91.0 Å². The van der Waals surface area contributed by atoms with Gasteiger partial charge in [0.25, 0.3) is 0 Å². The zero-order chi connectivity index (χ0) is 16.1. The third-order valence-corrected chi connectivity index (χ3v) is 7.35. The van der Waals surface area contributed by atoms with Crippen LogP contribution in [0.3, 0.4) is 0 Å². The average molecular weight is 347 g/mol. The van der Waals surface area contributed by atoms with Gasteiger partial charge < -0.3 is 9.32 Å². The summed E-state index contributed by atoms with van der Waals surface area (Å²) in [5, 5.41) is 0. The maximum Gasteiger partial charge on any atom is 0.301 e.